The summed E-state index contributed by atoms with van der Waals surface area (Å²) in [6.45, 7) is 0.310. The van der Waals surface area contributed by atoms with E-state index in [1.165, 1.54) is 4.90 Å². The largest absolute Gasteiger partial charge is 0.467 e. The summed E-state index contributed by atoms with van der Waals surface area (Å²) in [5.74, 6) is 0.191. The molecule has 4 rings (SSSR count). The molecule has 29 heavy (non-hydrogen) atoms. The van der Waals surface area contributed by atoms with E-state index >= 15 is 0 Å². The van der Waals surface area contributed by atoms with Gasteiger partial charge in [-0.25, -0.2) is 0 Å². The standard InChI is InChI=1S/C22H19N3O3S/c26-20(23-16-8-3-1-4-9-16)14-19-21(27)25(17-10-5-2-6-11-17)22(29)24(19)15-18-12-7-13-28-18/h1-13,19H,14-15H2,(H,23,26)/t19-/m0/s1. The first-order valence-electron chi connectivity index (χ1n) is 9.20. The van der Waals surface area contributed by atoms with E-state index in [1.54, 1.807) is 29.4 Å². The molecule has 0 radical (unpaired) electrons. The van der Waals surface area contributed by atoms with Gasteiger partial charge in [0.2, 0.25) is 5.91 Å². The van der Waals surface area contributed by atoms with E-state index in [0.29, 0.717) is 28.8 Å². The maximum Gasteiger partial charge on any atom is 0.256 e. The van der Waals surface area contributed by atoms with E-state index in [-0.39, 0.29) is 18.2 Å². The molecule has 1 fully saturated rings. The summed E-state index contributed by atoms with van der Waals surface area (Å²) in [5, 5.41) is 3.19. The molecule has 1 saturated heterocycles. The Bertz CT molecular complexity index is 1010. The van der Waals surface area contributed by atoms with Crippen molar-refractivity contribution in [2.24, 2.45) is 0 Å². The molecule has 1 aliphatic heterocycles. The topological polar surface area (TPSA) is 65.8 Å². The van der Waals surface area contributed by atoms with Crippen LogP contribution in [0.4, 0.5) is 11.4 Å². The zero-order chi connectivity index (χ0) is 20.2. The first kappa shape index (κ1) is 18.9. The lowest BCUT2D eigenvalue weighted by atomic mass is 10.1. The van der Waals surface area contributed by atoms with E-state index < -0.39 is 6.04 Å². The number of anilines is 2. The number of furan rings is 1. The summed E-state index contributed by atoms with van der Waals surface area (Å²) in [6, 6.07) is 21.2. The highest BCUT2D eigenvalue weighted by atomic mass is 32.1. The Morgan fingerprint density at radius 2 is 1.69 bits per heavy atom. The monoisotopic (exact) mass is 405 g/mol. The molecule has 1 atom stereocenters. The molecule has 0 saturated carbocycles. The number of carbonyl (C=O) groups is 2. The molecule has 0 unspecified atom stereocenters. The third kappa shape index (κ3) is 4.05. The number of amides is 2. The number of hydrogen-bond donors (Lipinski definition) is 1. The zero-order valence-corrected chi connectivity index (χ0v) is 16.3. The van der Waals surface area contributed by atoms with Crippen molar-refractivity contribution in [1.29, 1.82) is 0 Å². The lowest BCUT2D eigenvalue weighted by molar-refractivity contribution is -0.124. The Labute approximate surface area is 173 Å². The SMILES string of the molecule is O=C(C[C@H]1C(=O)N(c2ccccc2)C(=S)N1Cc1ccco1)Nc1ccccc1. The van der Waals surface area contributed by atoms with Crippen molar-refractivity contribution >= 4 is 40.5 Å². The summed E-state index contributed by atoms with van der Waals surface area (Å²) in [4.78, 5) is 29.1. The molecule has 146 valence electrons. The van der Waals surface area contributed by atoms with E-state index in [0.717, 1.165) is 0 Å². The highest BCUT2D eigenvalue weighted by Gasteiger charge is 2.44. The smallest absolute Gasteiger partial charge is 0.256 e. The fourth-order valence-electron chi connectivity index (χ4n) is 3.31. The van der Waals surface area contributed by atoms with Crippen LogP contribution in [0.15, 0.2) is 83.5 Å². The zero-order valence-electron chi connectivity index (χ0n) is 15.5. The number of nitrogens with one attached hydrogen (secondary N) is 1. The molecule has 3 aromatic rings. The third-order valence-electron chi connectivity index (χ3n) is 4.68. The Kier molecular flexibility index (Phi) is 5.39. The van der Waals surface area contributed by atoms with Gasteiger partial charge >= 0.3 is 0 Å². The minimum Gasteiger partial charge on any atom is -0.467 e. The van der Waals surface area contributed by atoms with Crippen LogP contribution in [-0.4, -0.2) is 27.9 Å². The van der Waals surface area contributed by atoms with Crippen molar-refractivity contribution in [3.63, 3.8) is 0 Å². The number of benzene rings is 2. The van der Waals surface area contributed by atoms with E-state index in [2.05, 4.69) is 5.32 Å². The van der Waals surface area contributed by atoms with Crippen molar-refractivity contribution in [1.82, 2.24) is 4.90 Å². The first-order chi connectivity index (χ1) is 14.1. The minimum absolute atomic E-state index is 0.0160. The van der Waals surface area contributed by atoms with Crippen LogP contribution in [0.25, 0.3) is 0 Å². The van der Waals surface area contributed by atoms with Gasteiger partial charge in [0, 0.05) is 5.69 Å². The van der Waals surface area contributed by atoms with E-state index in [9.17, 15) is 9.59 Å². The highest BCUT2D eigenvalue weighted by Crippen LogP contribution is 2.28. The first-order valence-corrected chi connectivity index (χ1v) is 9.61. The van der Waals surface area contributed by atoms with Crippen molar-refractivity contribution in [3.8, 4) is 0 Å². The Hall–Kier alpha value is -3.45. The minimum atomic E-state index is -0.712. The van der Waals surface area contributed by atoms with Gasteiger partial charge in [-0.3, -0.25) is 14.5 Å². The van der Waals surface area contributed by atoms with Gasteiger partial charge < -0.3 is 14.6 Å². The molecule has 2 heterocycles. The summed E-state index contributed by atoms with van der Waals surface area (Å²) >= 11 is 5.61. The van der Waals surface area contributed by atoms with E-state index in [4.69, 9.17) is 16.6 Å². The van der Waals surface area contributed by atoms with Crippen LogP contribution >= 0.6 is 12.2 Å². The number of carbonyl (C=O) groups excluding carboxylic acids is 2. The quantitative estimate of drug-likeness (QED) is 0.632. The average Bonchev–Trinajstić information content (AvgIpc) is 3.32. The van der Waals surface area contributed by atoms with Crippen LogP contribution in [0.5, 0.6) is 0 Å². The normalized spacial score (nSPS) is 16.3. The molecule has 1 N–H and O–H groups in total. The molecule has 1 aliphatic rings. The number of thiocarbonyl (C=S) groups is 1. The fraction of sp³-hybridized carbons (Fsp3) is 0.136. The predicted molar refractivity (Wildman–Crippen MR) is 114 cm³/mol. The van der Waals surface area contributed by atoms with Gasteiger partial charge in [0.25, 0.3) is 5.91 Å². The fourth-order valence-corrected chi connectivity index (χ4v) is 3.70. The Morgan fingerprint density at radius 1 is 1.00 bits per heavy atom. The lowest BCUT2D eigenvalue weighted by Crippen LogP contribution is -2.37. The number of para-hydroxylation sites is 2. The second-order valence-corrected chi connectivity index (χ2v) is 7.00. The van der Waals surface area contributed by atoms with Crippen molar-refractivity contribution in [2.75, 3.05) is 10.2 Å². The maximum absolute atomic E-state index is 13.2. The molecule has 2 amide bonds. The van der Waals surface area contributed by atoms with Crippen LogP contribution in [-0.2, 0) is 16.1 Å². The summed E-state index contributed by atoms with van der Waals surface area (Å²) in [7, 11) is 0. The summed E-state index contributed by atoms with van der Waals surface area (Å²) in [5.41, 5.74) is 1.36. The van der Waals surface area contributed by atoms with Crippen molar-refractivity contribution < 1.29 is 14.0 Å². The van der Waals surface area contributed by atoms with Crippen LogP contribution < -0.4 is 10.2 Å². The molecule has 1 aromatic heterocycles. The van der Waals surface area contributed by atoms with Gasteiger partial charge in [-0.1, -0.05) is 36.4 Å². The Balaban J connectivity index is 1.58. The predicted octanol–water partition coefficient (Wildman–Crippen LogP) is 3.81. The van der Waals surface area contributed by atoms with Crippen LogP contribution in [0, 0.1) is 0 Å². The average molecular weight is 405 g/mol. The molecule has 2 aromatic carbocycles. The summed E-state index contributed by atoms with van der Waals surface area (Å²) < 4.78 is 5.44. The van der Waals surface area contributed by atoms with Gasteiger partial charge in [-0.05, 0) is 48.6 Å². The second-order valence-electron chi connectivity index (χ2n) is 6.63. The molecule has 6 nitrogen and oxygen atoms in total. The third-order valence-corrected chi connectivity index (χ3v) is 5.09. The number of nitrogens with zero attached hydrogens (tertiary/aromatic N) is 2. The Morgan fingerprint density at radius 3 is 2.34 bits per heavy atom. The van der Waals surface area contributed by atoms with Gasteiger partial charge in [0.05, 0.1) is 24.9 Å². The van der Waals surface area contributed by atoms with Crippen molar-refractivity contribution in [3.05, 3.63) is 84.8 Å². The van der Waals surface area contributed by atoms with Crippen LogP contribution in [0.2, 0.25) is 0 Å². The lowest BCUT2D eigenvalue weighted by Gasteiger charge is -2.22. The molecule has 0 bridgehead atoms. The van der Waals surface area contributed by atoms with E-state index in [1.807, 2.05) is 54.6 Å². The molecule has 0 spiro atoms. The van der Waals surface area contributed by atoms with Crippen LogP contribution in [0.3, 0.4) is 0 Å². The van der Waals surface area contributed by atoms with Gasteiger partial charge in [-0.15, -0.1) is 0 Å². The maximum atomic E-state index is 13.2. The molecular weight excluding hydrogens is 386 g/mol. The van der Waals surface area contributed by atoms with Gasteiger partial charge in [0.15, 0.2) is 5.11 Å². The van der Waals surface area contributed by atoms with Gasteiger partial charge in [-0.2, -0.15) is 0 Å². The number of rotatable bonds is 6. The second kappa shape index (κ2) is 8.28. The van der Waals surface area contributed by atoms with Gasteiger partial charge in [0.1, 0.15) is 11.8 Å². The molecular formula is C22H19N3O3S. The van der Waals surface area contributed by atoms with Crippen molar-refractivity contribution in [2.45, 2.75) is 19.0 Å². The molecule has 7 heteroatoms. The summed E-state index contributed by atoms with van der Waals surface area (Å²) in [6.07, 6.45) is 1.56. The van der Waals surface area contributed by atoms with Crippen LogP contribution in [0.1, 0.15) is 12.2 Å². The molecule has 0 aliphatic carbocycles. The highest BCUT2D eigenvalue weighted by molar-refractivity contribution is 7.80. The number of hydrogen-bond acceptors (Lipinski definition) is 4.